The topological polar surface area (TPSA) is 22.1 Å². The molecule has 1 aliphatic rings. The van der Waals surface area contributed by atoms with E-state index in [-0.39, 0.29) is 5.60 Å². The van der Waals surface area contributed by atoms with E-state index in [4.69, 9.17) is 16.3 Å². The Labute approximate surface area is 93.3 Å². The van der Waals surface area contributed by atoms with Gasteiger partial charge >= 0.3 is 0 Å². The van der Waals surface area contributed by atoms with Crippen LogP contribution in [0.5, 0.6) is 0 Å². The number of alkyl halides is 1. The molecule has 14 heavy (non-hydrogen) atoms. The van der Waals surface area contributed by atoms with Crippen molar-refractivity contribution in [1.29, 1.82) is 0 Å². The van der Waals surface area contributed by atoms with Crippen molar-refractivity contribution in [1.82, 2.24) is 4.98 Å². The minimum Gasteiger partial charge on any atom is -0.373 e. The molecule has 1 aromatic heterocycles. The fraction of sp³-hybridized carbons (Fsp3) is 0.700. The quantitative estimate of drug-likeness (QED) is 0.747. The summed E-state index contributed by atoms with van der Waals surface area (Å²) in [6.45, 7) is 0.844. The van der Waals surface area contributed by atoms with Crippen LogP contribution < -0.4 is 0 Å². The second kappa shape index (κ2) is 4.60. The summed E-state index contributed by atoms with van der Waals surface area (Å²) in [5.74, 6) is 0.574. The van der Waals surface area contributed by atoms with Gasteiger partial charge in [0.25, 0.3) is 0 Å². The Hall–Kier alpha value is -0.120. The SMILES string of the molecule is ClCC1(Cc2cscn2)CCCCO1. The summed E-state index contributed by atoms with van der Waals surface area (Å²) in [6.07, 6.45) is 4.31. The van der Waals surface area contributed by atoms with E-state index in [0.717, 1.165) is 31.6 Å². The normalized spacial score (nSPS) is 27.8. The fourth-order valence-electron chi connectivity index (χ4n) is 1.86. The first-order chi connectivity index (χ1) is 6.85. The van der Waals surface area contributed by atoms with Gasteiger partial charge in [-0.15, -0.1) is 22.9 Å². The highest BCUT2D eigenvalue weighted by molar-refractivity contribution is 7.07. The van der Waals surface area contributed by atoms with Gasteiger partial charge in [0.05, 0.1) is 22.7 Å². The lowest BCUT2D eigenvalue weighted by Crippen LogP contribution is -2.40. The third-order valence-corrected chi connectivity index (χ3v) is 3.79. The van der Waals surface area contributed by atoms with E-state index in [2.05, 4.69) is 10.4 Å². The van der Waals surface area contributed by atoms with Crippen LogP contribution in [0.15, 0.2) is 10.9 Å². The summed E-state index contributed by atoms with van der Waals surface area (Å²) in [5, 5.41) is 2.08. The van der Waals surface area contributed by atoms with Crippen molar-refractivity contribution in [2.75, 3.05) is 12.5 Å². The Balaban J connectivity index is 2.04. The van der Waals surface area contributed by atoms with Crippen molar-refractivity contribution in [2.45, 2.75) is 31.3 Å². The van der Waals surface area contributed by atoms with Gasteiger partial charge in [0.2, 0.25) is 0 Å². The van der Waals surface area contributed by atoms with Gasteiger partial charge in [-0.05, 0) is 19.3 Å². The van der Waals surface area contributed by atoms with Crippen molar-refractivity contribution >= 4 is 22.9 Å². The lowest BCUT2D eigenvalue weighted by Gasteiger charge is -2.35. The minimum absolute atomic E-state index is 0.145. The Morgan fingerprint density at radius 3 is 3.07 bits per heavy atom. The van der Waals surface area contributed by atoms with E-state index in [1.165, 1.54) is 6.42 Å². The predicted octanol–water partition coefficient (Wildman–Crippen LogP) is 2.86. The second-order valence-corrected chi connectivity index (χ2v) is 4.76. The van der Waals surface area contributed by atoms with Crippen LogP contribution in [0.25, 0.3) is 0 Å². The molecule has 0 saturated carbocycles. The number of rotatable bonds is 3. The van der Waals surface area contributed by atoms with Gasteiger partial charge in [0.15, 0.2) is 0 Å². The standard InChI is InChI=1S/C10H14ClNOS/c11-7-10(3-1-2-4-13-10)5-9-6-14-8-12-9/h6,8H,1-5,7H2. The Bertz CT molecular complexity index is 270. The van der Waals surface area contributed by atoms with Crippen LogP contribution in [0.4, 0.5) is 0 Å². The first-order valence-electron chi connectivity index (χ1n) is 4.92. The van der Waals surface area contributed by atoms with Gasteiger partial charge in [-0.1, -0.05) is 0 Å². The average molecular weight is 232 g/mol. The van der Waals surface area contributed by atoms with E-state index in [9.17, 15) is 0 Å². The molecule has 1 aliphatic heterocycles. The lowest BCUT2D eigenvalue weighted by atomic mass is 9.91. The van der Waals surface area contributed by atoms with Gasteiger partial charge in [-0.2, -0.15) is 0 Å². The molecule has 0 aromatic carbocycles. The number of aromatic nitrogens is 1. The van der Waals surface area contributed by atoms with Crippen LogP contribution in [0.3, 0.4) is 0 Å². The smallest absolute Gasteiger partial charge is 0.0872 e. The summed E-state index contributed by atoms with van der Waals surface area (Å²) < 4.78 is 5.82. The molecule has 2 rings (SSSR count). The Morgan fingerprint density at radius 1 is 1.57 bits per heavy atom. The van der Waals surface area contributed by atoms with Crippen molar-refractivity contribution in [3.8, 4) is 0 Å². The molecule has 78 valence electrons. The van der Waals surface area contributed by atoms with Crippen molar-refractivity contribution in [2.24, 2.45) is 0 Å². The molecule has 0 spiro atoms. The first kappa shape index (κ1) is 10.4. The molecule has 1 saturated heterocycles. The minimum atomic E-state index is -0.145. The van der Waals surface area contributed by atoms with Gasteiger partial charge in [-0.3, -0.25) is 0 Å². The zero-order chi connectivity index (χ0) is 9.86. The molecule has 0 bridgehead atoms. The second-order valence-electron chi connectivity index (χ2n) is 3.78. The van der Waals surface area contributed by atoms with Gasteiger partial charge in [0, 0.05) is 18.4 Å². The predicted molar refractivity (Wildman–Crippen MR) is 59.1 cm³/mol. The molecule has 2 nitrogen and oxygen atoms in total. The highest BCUT2D eigenvalue weighted by atomic mass is 35.5. The number of thiazole rings is 1. The van der Waals surface area contributed by atoms with E-state index in [1.54, 1.807) is 11.3 Å². The molecule has 1 atom stereocenters. The Kier molecular flexibility index (Phi) is 3.42. The van der Waals surface area contributed by atoms with E-state index in [0.29, 0.717) is 5.88 Å². The van der Waals surface area contributed by atoms with E-state index >= 15 is 0 Å². The van der Waals surface area contributed by atoms with Gasteiger partial charge in [-0.25, -0.2) is 4.98 Å². The molecule has 1 aromatic rings. The molecule has 1 unspecified atom stereocenters. The molecule has 0 amide bonds. The zero-order valence-corrected chi connectivity index (χ0v) is 9.61. The molecule has 2 heterocycles. The summed E-state index contributed by atoms with van der Waals surface area (Å²) in [4.78, 5) is 4.28. The number of halogens is 1. The average Bonchev–Trinajstić information content (AvgIpc) is 2.72. The van der Waals surface area contributed by atoms with Crippen LogP contribution in [0.2, 0.25) is 0 Å². The summed E-state index contributed by atoms with van der Waals surface area (Å²) in [5.41, 5.74) is 2.83. The molecule has 0 aliphatic carbocycles. The van der Waals surface area contributed by atoms with E-state index in [1.807, 2.05) is 5.51 Å². The highest BCUT2D eigenvalue weighted by Crippen LogP contribution is 2.29. The fourth-order valence-corrected chi connectivity index (χ4v) is 2.72. The third kappa shape index (κ3) is 2.27. The Morgan fingerprint density at radius 2 is 2.50 bits per heavy atom. The molecule has 4 heteroatoms. The maximum Gasteiger partial charge on any atom is 0.0872 e. The number of hydrogen-bond acceptors (Lipinski definition) is 3. The maximum absolute atomic E-state index is 6.00. The van der Waals surface area contributed by atoms with Gasteiger partial charge < -0.3 is 4.74 Å². The van der Waals surface area contributed by atoms with Crippen LogP contribution in [-0.4, -0.2) is 23.1 Å². The highest BCUT2D eigenvalue weighted by Gasteiger charge is 2.33. The van der Waals surface area contributed by atoms with Crippen LogP contribution in [-0.2, 0) is 11.2 Å². The van der Waals surface area contributed by atoms with Crippen molar-refractivity contribution < 1.29 is 4.74 Å². The van der Waals surface area contributed by atoms with E-state index < -0.39 is 0 Å². The molecule has 0 N–H and O–H groups in total. The summed E-state index contributed by atoms with van der Waals surface area (Å²) in [6, 6.07) is 0. The monoisotopic (exact) mass is 231 g/mol. The molecule has 1 fully saturated rings. The third-order valence-electron chi connectivity index (χ3n) is 2.67. The lowest BCUT2D eigenvalue weighted by molar-refractivity contribution is -0.0620. The van der Waals surface area contributed by atoms with Gasteiger partial charge in [0.1, 0.15) is 0 Å². The zero-order valence-electron chi connectivity index (χ0n) is 8.04. The molecular weight excluding hydrogens is 218 g/mol. The number of hydrogen-bond donors (Lipinski definition) is 0. The van der Waals surface area contributed by atoms with Crippen LogP contribution in [0, 0.1) is 0 Å². The van der Waals surface area contributed by atoms with Crippen molar-refractivity contribution in [3.63, 3.8) is 0 Å². The molecular formula is C10H14ClNOS. The summed E-state index contributed by atoms with van der Waals surface area (Å²) in [7, 11) is 0. The first-order valence-corrected chi connectivity index (χ1v) is 6.39. The largest absolute Gasteiger partial charge is 0.373 e. The summed E-state index contributed by atoms with van der Waals surface area (Å²) >= 11 is 7.63. The van der Waals surface area contributed by atoms with Crippen molar-refractivity contribution in [3.05, 3.63) is 16.6 Å². The van der Waals surface area contributed by atoms with Crippen LogP contribution >= 0.6 is 22.9 Å². The number of ether oxygens (including phenoxy) is 1. The molecule has 0 radical (unpaired) electrons. The maximum atomic E-state index is 6.00. The van der Waals surface area contributed by atoms with Crippen LogP contribution in [0.1, 0.15) is 25.0 Å². The number of nitrogens with zero attached hydrogens (tertiary/aromatic N) is 1.